The van der Waals surface area contributed by atoms with Crippen molar-refractivity contribution in [3.05, 3.63) is 60.4 Å². The summed E-state index contributed by atoms with van der Waals surface area (Å²) in [4.78, 5) is 69.3. The topological polar surface area (TPSA) is 200 Å². The smallest absolute Gasteiger partial charge is 0.331 e. The molecule has 17 heteroatoms. The fourth-order valence-electron chi connectivity index (χ4n) is 9.39. The van der Waals surface area contributed by atoms with Crippen molar-refractivity contribution in [2.45, 2.75) is 182 Å². The fourth-order valence-corrected chi connectivity index (χ4v) is 9.39. The fraction of sp³-hybridized carbons (Fsp3) is 0.746. The molecule has 0 bridgehead atoms. The SMILES string of the molecule is COC[C@@H](C(=O)OC1C/C=C/C=C/C(=O)O[C@H]([C@@H](C)[C@@H](O)[C@@H](C)CC[C@@H](OC(=O)[C@H](C)N(C)C)[C@H](C)[C@H](OC(C)=O)[C@H](C)/C=C/N(C)C=O)C/C=C/[C@H](OC)C[C@H](C)C/C=C(\C)[C@@H](OC)CC[C@@H](C)[C@@H](O)[C@@H]1C)N(C)C. The number of esters is 4. The molecule has 2 N–H and O–H groups in total. The number of methoxy groups -OCH3 is 3. The minimum atomic E-state index is -0.973. The number of hydrogen-bond donors (Lipinski definition) is 2. The Morgan fingerprint density at radius 3 is 2.12 bits per heavy atom. The van der Waals surface area contributed by atoms with Gasteiger partial charge in [0.05, 0.1) is 31.0 Å². The first-order valence-electron chi connectivity index (χ1n) is 27.3. The van der Waals surface area contributed by atoms with Gasteiger partial charge in [0.2, 0.25) is 6.41 Å². The molecule has 1 aliphatic heterocycles. The summed E-state index contributed by atoms with van der Waals surface area (Å²) in [7, 11) is 13.6. The van der Waals surface area contributed by atoms with Gasteiger partial charge in [-0.2, -0.15) is 0 Å². The van der Waals surface area contributed by atoms with E-state index >= 15 is 0 Å². The van der Waals surface area contributed by atoms with Gasteiger partial charge in [0.1, 0.15) is 36.5 Å². The number of ether oxygens (including phenoxy) is 7. The normalized spacial score (nSPS) is 28.6. The molecule has 1 aliphatic rings. The van der Waals surface area contributed by atoms with Crippen LogP contribution in [0.5, 0.6) is 0 Å². The lowest BCUT2D eigenvalue weighted by Gasteiger charge is -2.35. The Labute approximate surface area is 457 Å². The number of aliphatic hydroxyl groups excluding tert-OH is 2. The Hall–Kier alpha value is -4.23. The molecule has 1 unspecified atom stereocenters. The van der Waals surface area contributed by atoms with Gasteiger partial charge in [-0.15, -0.1) is 0 Å². The summed E-state index contributed by atoms with van der Waals surface area (Å²) in [5.74, 6) is -4.21. The van der Waals surface area contributed by atoms with Gasteiger partial charge in [-0.05, 0) is 104 Å². The van der Waals surface area contributed by atoms with Crippen molar-refractivity contribution in [2.24, 2.45) is 41.4 Å². The van der Waals surface area contributed by atoms with Crippen molar-refractivity contribution >= 4 is 30.3 Å². The lowest BCUT2D eigenvalue weighted by Crippen LogP contribution is -2.44. The van der Waals surface area contributed by atoms with Gasteiger partial charge in [0, 0.05) is 84.1 Å². The molecule has 1 amide bonds. The molecule has 17 nitrogen and oxygen atoms in total. The predicted molar refractivity (Wildman–Crippen MR) is 297 cm³/mol. The van der Waals surface area contributed by atoms with Gasteiger partial charge >= 0.3 is 23.9 Å². The van der Waals surface area contributed by atoms with Crippen LogP contribution in [0.15, 0.2) is 60.4 Å². The Morgan fingerprint density at radius 1 is 0.868 bits per heavy atom. The lowest BCUT2D eigenvalue weighted by molar-refractivity contribution is -0.166. The van der Waals surface area contributed by atoms with E-state index < -0.39 is 90.3 Å². The summed E-state index contributed by atoms with van der Waals surface area (Å²) < 4.78 is 41.5. The highest BCUT2D eigenvalue weighted by Gasteiger charge is 2.38. The number of carbonyl (C=O) groups is 5. The standard InChI is InChI=1S/C59H101N3O14/c1-38-27-28-39(2)50(72-18)31-29-40(3)56(67)44(7)52(76-59(69)49(36-70-16)61(13)14)24-20-19-21-26-54(65)74-51(25-22-23-48(35-38)71-17)43(6)55(66)41(4)30-32-53(75-58(68)46(9)60(11)12)45(8)57(73-47(10)64)42(5)33-34-62(15)37-63/h19-23,26,28,33-34,37-38,40-46,48-53,55-57,66-67H,24-25,27,29-32,35-36H2,1-18H3/b20-19+,23-22+,26-21+,34-33+,39-28+/t38-,40-,41+,42-,43-,44-,45+,46+,48+,49+,50+,51+,52?,53-,55+,56-,57-/m1/s1. The predicted octanol–water partition coefficient (Wildman–Crippen LogP) is 7.74. The maximum atomic E-state index is 13.6. The zero-order chi connectivity index (χ0) is 57.8. The lowest BCUT2D eigenvalue weighted by atomic mass is 9.82. The van der Waals surface area contributed by atoms with E-state index in [0.717, 1.165) is 18.4 Å². The molecule has 0 radical (unpaired) electrons. The summed E-state index contributed by atoms with van der Waals surface area (Å²) in [6, 6.07) is -1.23. The first-order valence-corrected chi connectivity index (χ1v) is 27.3. The highest BCUT2D eigenvalue weighted by Crippen LogP contribution is 2.32. The molecule has 1 heterocycles. The van der Waals surface area contributed by atoms with E-state index in [1.165, 1.54) is 25.0 Å². The average Bonchev–Trinajstić information content (AvgIpc) is 3.38. The van der Waals surface area contributed by atoms with Crippen molar-refractivity contribution in [2.75, 3.05) is 63.2 Å². The van der Waals surface area contributed by atoms with Gasteiger partial charge < -0.3 is 48.3 Å². The first-order chi connectivity index (χ1) is 35.7. The van der Waals surface area contributed by atoms with E-state index in [9.17, 15) is 34.2 Å². The van der Waals surface area contributed by atoms with Gasteiger partial charge in [-0.25, -0.2) is 4.79 Å². The van der Waals surface area contributed by atoms with Crippen LogP contribution in [0, 0.1) is 41.4 Å². The second kappa shape index (κ2) is 36.8. The maximum absolute atomic E-state index is 13.6. The van der Waals surface area contributed by atoms with Crippen LogP contribution in [0.25, 0.3) is 0 Å². The second-order valence-electron chi connectivity index (χ2n) is 21.9. The molecule has 0 aromatic rings. The molecule has 0 aromatic carbocycles. The highest BCUT2D eigenvalue weighted by molar-refractivity contribution is 5.82. The van der Waals surface area contributed by atoms with Crippen LogP contribution in [-0.2, 0) is 57.1 Å². The van der Waals surface area contributed by atoms with E-state index in [4.69, 9.17) is 33.2 Å². The third kappa shape index (κ3) is 25.1. The molecule has 1 rings (SSSR count). The van der Waals surface area contributed by atoms with Crippen LogP contribution in [0.3, 0.4) is 0 Å². The number of rotatable bonds is 23. The van der Waals surface area contributed by atoms with Crippen molar-refractivity contribution < 1.29 is 67.3 Å². The number of likely N-dealkylation sites (N-methyl/N-ethyl adjacent to an activating group) is 2. The Bertz CT molecular complexity index is 1870. The summed E-state index contributed by atoms with van der Waals surface area (Å²) in [5, 5.41) is 23.8. The number of carbonyl (C=O) groups excluding carboxylic acids is 5. The summed E-state index contributed by atoms with van der Waals surface area (Å²) in [6.45, 7) is 18.8. The van der Waals surface area contributed by atoms with E-state index in [1.54, 1.807) is 96.7 Å². The highest BCUT2D eigenvalue weighted by atomic mass is 16.6. The number of amides is 1. The zero-order valence-corrected chi connectivity index (χ0v) is 49.6. The molecule has 0 saturated carbocycles. The van der Waals surface area contributed by atoms with Gasteiger partial charge in [-0.3, -0.25) is 29.0 Å². The number of aliphatic hydroxyl groups is 2. The van der Waals surface area contributed by atoms with E-state index in [2.05, 4.69) is 19.9 Å². The first kappa shape index (κ1) is 69.8. The molecule has 76 heavy (non-hydrogen) atoms. The Kier molecular flexibility index (Phi) is 33.8. The molecule has 0 saturated heterocycles. The van der Waals surface area contributed by atoms with Crippen molar-refractivity contribution in [1.29, 1.82) is 0 Å². The van der Waals surface area contributed by atoms with Crippen LogP contribution in [0.1, 0.15) is 121 Å². The molecule has 0 aliphatic carbocycles. The number of nitrogens with zero attached hydrogens (tertiary/aromatic N) is 3. The van der Waals surface area contributed by atoms with E-state index in [-0.39, 0.29) is 55.3 Å². The second-order valence-corrected chi connectivity index (χ2v) is 21.9. The molecule has 436 valence electrons. The largest absolute Gasteiger partial charge is 0.462 e. The zero-order valence-electron chi connectivity index (χ0n) is 49.6. The van der Waals surface area contributed by atoms with Gasteiger partial charge in [-0.1, -0.05) is 91.0 Å². The molecule has 17 atom stereocenters. The van der Waals surface area contributed by atoms with Gasteiger partial charge in [0.25, 0.3) is 0 Å². The van der Waals surface area contributed by atoms with Crippen molar-refractivity contribution in [3.8, 4) is 0 Å². The Balaban J connectivity index is 3.70. The van der Waals surface area contributed by atoms with E-state index in [0.29, 0.717) is 32.1 Å². The average molecular weight is 1080 g/mol. The summed E-state index contributed by atoms with van der Waals surface area (Å²) in [5.41, 5.74) is 1.10. The van der Waals surface area contributed by atoms with Crippen molar-refractivity contribution in [1.82, 2.24) is 14.7 Å². The van der Waals surface area contributed by atoms with Gasteiger partial charge in [0.15, 0.2) is 0 Å². The van der Waals surface area contributed by atoms with Crippen molar-refractivity contribution in [3.63, 3.8) is 0 Å². The molecule has 0 spiro atoms. The number of cyclic esters (lactones) is 1. The van der Waals surface area contributed by atoms with Crippen LogP contribution in [0.2, 0.25) is 0 Å². The molecule has 0 aromatic heterocycles. The third-order valence-corrected chi connectivity index (χ3v) is 15.2. The molecular weight excluding hydrogens is 975 g/mol. The van der Waals surface area contributed by atoms with Crippen LogP contribution in [-0.4, -0.2) is 179 Å². The Morgan fingerprint density at radius 2 is 1.54 bits per heavy atom. The number of hydrogen-bond acceptors (Lipinski definition) is 16. The quantitative estimate of drug-likeness (QED) is 0.0435. The van der Waals surface area contributed by atoms with Crippen LogP contribution >= 0.6 is 0 Å². The molecule has 0 fully saturated rings. The molecular formula is C59H101N3O14. The minimum absolute atomic E-state index is 0.129. The monoisotopic (exact) mass is 1080 g/mol. The summed E-state index contributed by atoms with van der Waals surface area (Å²) >= 11 is 0. The minimum Gasteiger partial charge on any atom is -0.462 e. The van der Waals surface area contributed by atoms with Crippen LogP contribution in [0.4, 0.5) is 0 Å². The maximum Gasteiger partial charge on any atom is 0.331 e. The van der Waals surface area contributed by atoms with Crippen LogP contribution < -0.4 is 0 Å². The summed E-state index contributed by atoms with van der Waals surface area (Å²) in [6.07, 6.45) is 15.5. The van der Waals surface area contributed by atoms with E-state index in [1.807, 2.05) is 53.7 Å². The third-order valence-electron chi connectivity index (χ3n) is 15.2. The number of allylic oxidation sites excluding steroid dienone is 3.